The lowest BCUT2D eigenvalue weighted by Gasteiger charge is -2.36. The van der Waals surface area contributed by atoms with Gasteiger partial charge in [0, 0.05) is 37.3 Å². The summed E-state index contributed by atoms with van der Waals surface area (Å²) < 4.78 is 13.5. The van der Waals surface area contributed by atoms with Gasteiger partial charge in [-0.2, -0.15) is 5.10 Å². The molecule has 1 aromatic carbocycles. The van der Waals surface area contributed by atoms with Crippen LogP contribution >= 0.6 is 0 Å². The van der Waals surface area contributed by atoms with E-state index in [0.717, 1.165) is 44.6 Å². The molecule has 4 rings (SSSR count). The molecular weight excluding hydrogens is 302 g/mol. The number of benzene rings is 1. The molecule has 5 heteroatoms. The topological polar surface area (TPSA) is 48.3 Å². The molecule has 0 unspecified atom stereocenters. The second-order valence-electron chi connectivity index (χ2n) is 6.82. The average molecular weight is 327 g/mol. The first-order valence-electron chi connectivity index (χ1n) is 8.88. The van der Waals surface area contributed by atoms with Crippen molar-refractivity contribution in [1.82, 2.24) is 15.1 Å². The summed E-state index contributed by atoms with van der Waals surface area (Å²) in [4.78, 5) is 0. The van der Waals surface area contributed by atoms with Crippen LogP contribution in [0.1, 0.15) is 44.2 Å². The zero-order valence-corrected chi connectivity index (χ0v) is 14.1. The van der Waals surface area contributed by atoms with Crippen LogP contribution in [0.15, 0.2) is 42.7 Å². The van der Waals surface area contributed by atoms with Crippen molar-refractivity contribution >= 4 is 0 Å². The molecule has 1 atom stereocenters. The van der Waals surface area contributed by atoms with Gasteiger partial charge in [-0.3, -0.25) is 0 Å². The van der Waals surface area contributed by atoms with Gasteiger partial charge in [0.25, 0.3) is 0 Å². The highest BCUT2D eigenvalue weighted by Gasteiger charge is 2.40. The predicted molar refractivity (Wildman–Crippen MR) is 92.0 cm³/mol. The summed E-state index contributed by atoms with van der Waals surface area (Å²) in [5.74, 6) is -0.276. The minimum atomic E-state index is -0.276. The monoisotopic (exact) mass is 327 g/mol. The lowest BCUT2D eigenvalue weighted by Crippen LogP contribution is -2.42. The quantitative estimate of drug-likeness (QED) is 0.937. The summed E-state index contributed by atoms with van der Waals surface area (Å²) >= 11 is 0. The predicted octanol–water partition coefficient (Wildman–Crippen LogP) is 3.21. The summed E-state index contributed by atoms with van der Waals surface area (Å²) in [6.45, 7) is 3.72. The highest BCUT2D eigenvalue weighted by atomic mass is 16.7. The van der Waals surface area contributed by atoms with Crippen LogP contribution in [-0.2, 0) is 9.47 Å². The third-order valence-electron chi connectivity index (χ3n) is 5.19. The molecule has 24 heavy (non-hydrogen) atoms. The summed E-state index contributed by atoms with van der Waals surface area (Å²) in [6, 6.07) is 11.3. The van der Waals surface area contributed by atoms with Crippen molar-refractivity contribution in [2.24, 2.45) is 0 Å². The van der Waals surface area contributed by atoms with Gasteiger partial charge in [0.1, 0.15) is 0 Å². The number of aromatic nitrogens is 2. The Labute approximate surface area is 143 Å². The standard InChI is InChI=1S/C19H25N3O2/c1-15(16-4-2-5-18(14-16)22-11-3-10-20-22)21-17-6-8-19(9-7-17)23-12-13-24-19/h2-5,10-11,14-15,17,21H,6-9,12-13H2,1H3/t15-/m1/s1. The molecule has 0 bridgehead atoms. The average Bonchev–Trinajstić information content (AvgIpc) is 3.30. The van der Waals surface area contributed by atoms with E-state index in [0.29, 0.717) is 12.1 Å². The van der Waals surface area contributed by atoms with Crippen LogP contribution in [0.3, 0.4) is 0 Å². The molecule has 128 valence electrons. The van der Waals surface area contributed by atoms with Crippen molar-refractivity contribution in [1.29, 1.82) is 0 Å². The van der Waals surface area contributed by atoms with E-state index in [9.17, 15) is 0 Å². The molecule has 2 aliphatic rings. The smallest absolute Gasteiger partial charge is 0.168 e. The summed E-state index contributed by atoms with van der Waals surface area (Å²) in [7, 11) is 0. The number of ether oxygens (including phenoxy) is 2. The molecule has 1 spiro atoms. The number of rotatable bonds is 4. The van der Waals surface area contributed by atoms with E-state index in [4.69, 9.17) is 9.47 Å². The zero-order valence-electron chi connectivity index (χ0n) is 14.1. The minimum Gasteiger partial charge on any atom is -0.348 e. The maximum Gasteiger partial charge on any atom is 0.168 e. The molecule has 1 aliphatic heterocycles. The van der Waals surface area contributed by atoms with Crippen LogP contribution in [0.2, 0.25) is 0 Å². The molecule has 1 saturated heterocycles. The van der Waals surface area contributed by atoms with E-state index in [1.807, 2.05) is 16.9 Å². The molecule has 2 fully saturated rings. The Morgan fingerprint density at radius 1 is 1.21 bits per heavy atom. The highest BCUT2D eigenvalue weighted by Crippen LogP contribution is 2.36. The molecular formula is C19H25N3O2. The Morgan fingerprint density at radius 2 is 2.00 bits per heavy atom. The molecule has 1 aliphatic carbocycles. The van der Waals surface area contributed by atoms with Crippen LogP contribution in [0.25, 0.3) is 5.69 Å². The molecule has 2 aromatic rings. The summed E-state index contributed by atoms with van der Waals surface area (Å²) in [5, 5.41) is 8.08. The van der Waals surface area contributed by atoms with Crippen LogP contribution in [-0.4, -0.2) is 34.8 Å². The Kier molecular flexibility index (Phi) is 4.39. The first kappa shape index (κ1) is 15.8. The van der Waals surface area contributed by atoms with Crippen molar-refractivity contribution in [2.45, 2.75) is 50.5 Å². The van der Waals surface area contributed by atoms with Crippen molar-refractivity contribution in [3.63, 3.8) is 0 Å². The highest BCUT2D eigenvalue weighted by molar-refractivity contribution is 5.36. The maximum atomic E-state index is 5.82. The van der Waals surface area contributed by atoms with E-state index < -0.39 is 0 Å². The lowest BCUT2D eigenvalue weighted by atomic mass is 9.89. The zero-order chi connectivity index (χ0) is 16.4. The summed E-state index contributed by atoms with van der Waals surface area (Å²) in [6.07, 6.45) is 7.96. The van der Waals surface area contributed by atoms with Crippen LogP contribution < -0.4 is 5.32 Å². The fourth-order valence-corrected chi connectivity index (χ4v) is 3.82. The number of nitrogens with one attached hydrogen (secondary N) is 1. The SMILES string of the molecule is C[C@@H](NC1CCC2(CC1)OCCO2)c1cccc(-n2cccn2)c1. The van der Waals surface area contributed by atoms with Crippen LogP contribution in [0.4, 0.5) is 0 Å². The number of hydrogen-bond donors (Lipinski definition) is 1. The fraction of sp³-hybridized carbons (Fsp3) is 0.526. The second-order valence-corrected chi connectivity index (χ2v) is 6.82. The molecule has 1 aromatic heterocycles. The van der Waals surface area contributed by atoms with Gasteiger partial charge in [0.2, 0.25) is 0 Å². The Bertz CT molecular complexity index is 655. The van der Waals surface area contributed by atoms with E-state index in [1.54, 1.807) is 6.20 Å². The number of hydrogen-bond acceptors (Lipinski definition) is 4. The largest absolute Gasteiger partial charge is 0.348 e. The van der Waals surface area contributed by atoms with Gasteiger partial charge in [-0.1, -0.05) is 12.1 Å². The van der Waals surface area contributed by atoms with Crippen LogP contribution in [0, 0.1) is 0 Å². The molecule has 1 N–H and O–H groups in total. The Balaban J connectivity index is 1.38. The molecule has 0 radical (unpaired) electrons. The fourth-order valence-electron chi connectivity index (χ4n) is 3.82. The van der Waals surface area contributed by atoms with E-state index in [2.05, 4.69) is 41.6 Å². The Morgan fingerprint density at radius 3 is 2.71 bits per heavy atom. The van der Waals surface area contributed by atoms with Gasteiger partial charge in [0.05, 0.1) is 18.9 Å². The molecule has 2 heterocycles. The second kappa shape index (κ2) is 6.67. The van der Waals surface area contributed by atoms with Crippen molar-refractivity contribution in [3.8, 4) is 5.69 Å². The van der Waals surface area contributed by atoms with Crippen molar-refractivity contribution in [3.05, 3.63) is 48.3 Å². The minimum absolute atomic E-state index is 0.276. The van der Waals surface area contributed by atoms with Gasteiger partial charge in [-0.05, 0) is 43.5 Å². The van der Waals surface area contributed by atoms with E-state index in [1.165, 1.54) is 5.56 Å². The van der Waals surface area contributed by atoms with Gasteiger partial charge in [0.15, 0.2) is 5.79 Å². The van der Waals surface area contributed by atoms with Gasteiger partial charge >= 0.3 is 0 Å². The third kappa shape index (κ3) is 3.24. The molecule has 1 saturated carbocycles. The van der Waals surface area contributed by atoms with Crippen molar-refractivity contribution < 1.29 is 9.47 Å². The maximum absolute atomic E-state index is 5.82. The molecule has 0 amide bonds. The van der Waals surface area contributed by atoms with Crippen molar-refractivity contribution in [2.75, 3.05) is 13.2 Å². The molecule has 5 nitrogen and oxygen atoms in total. The number of nitrogens with zero attached hydrogens (tertiary/aromatic N) is 2. The van der Waals surface area contributed by atoms with Gasteiger partial charge < -0.3 is 14.8 Å². The first-order valence-corrected chi connectivity index (χ1v) is 8.88. The van der Waals surface area contributed by atoms with Crippen LogP contribution in [0.5, 0.6) is 0 Å². The van der Waals surface area contributed by atoms with E-state index >= 15 is 0 Å². The lowest BCUT2D eigenvalue weighted by molar-refractivity contribution is -0.179. The van der Waals surface area contributed by atoms with Gasteiger partial charge in [-0.15, -0.1) is 0 Å². The van der Waals surface area contributed by atoms with Gasteiger partial charge in [-0.25, -0.2) is 4.68 Å². The Hall–Kier alpha value is -1.69. The first-order chi connectivity index (χ1) is 11.7. The summed E-state index contributed by atoms with van der Waals surface area (Å²) in [5.41, 5.74) is 2.39. The van der Waals surface area contributed by atoms with E-state index in [-0.39, 0.29) is 5.79 Å². The third-order valence-corrected chi connectivity index (χ3v) is 5.19. The normalized spacial score (nSPS) is 22.0.